The van der Waals surface area contributed by atoms with Crippen molar-refractivity contribution in [3.05, 3.63) is 59.7 Å². The predicted molar refractivity (Wildman–Crippen MR) is 106 cm³/mol. The minimum Gasteiger partial charge on any atom is -0.479 e. The molecule has 0 saturated carbocycles. The second-order valence-corrected chi connectivity index (χ2v) is 7.38. The Labute approximate surface area is 165 Å². The van der Waals surface area contributed by atoms with Gasteiger partial charge in [-0.2, -0.15) is 5.26 Å². The molecule has 0 unspecified atom stereocenters. The number of carbonyl (C=O) groups is 2. The van der Waals surface area contributed by atoms with Crippen LogP contribution in [0.4, 0.5) is 5.69 Å². The second-order valence-electron chi connectivity index (χ2n) is 7.38. The van der Waals surface area contributed by atoms with Crippen molar-refractivity contribution in [1.29, 1.82) is 5.26 Å². The molecule has 0 aliphatic rings. The third-order valence-corrected chi connectivity index (χ3v) is 4.01. The van der Waals surface area contributed by atoms with E-state index in [1.807, 2.05) is 30.3 Å². The molecule has 6 nitrogen and oxygen atoms in total. The van der Waals surface area contributed by atoms with Crippen molar-refractivity contribution in [1.82, 2.24) is 0 Å². The van der Waals surface area contributed by atoms with Crippen molar-refractivity contribution in [2.24, 2.45) is 0 Å². The molecule has 0 fully saturated rings. The van der Waals surface area contributed by atoms with Crippen LogP contribution in [0.1, 0.15) is 38.8 Å². The largest absolute Gasteiger partial charge is 0.479 e. The van der Waals surface area contributed by atoms with Crippen molar-refractivity contribution in [2.45, 2.75) is 39.2 Å². The number of anilines is 1. The number of nitriles is 1. The molecular weight excluding hydrogens is 356 g/mol. The zero-order chi connectivity index (χ0) is 20.7. The molecule has 0 aliphatic carbocycles. The standard InChI is InChI=1S/C22H24N2O4/c1-15(28-19-11-5-16(13-23)6-12-19)21(26)27-14-20(25)24-18-9-7-17(8-10-18)22(2,3)4/h5-12,15H,14H2,1-4H3,(H,24,25)/t15-/m0/s1. The molecule has 6 heteroatoms. The first kappa shape index (κ1) is 21.0. The van der Waals surface area contributed by atoms with E-state index in [2.05, 4.69) is 26.1 Å². The number of hydrogen-bond donors (Lipinski definition) is 1. The summed E-state index contributed by atoms with van der Waals surface area (Å²) in [6, 6.07) is 15.9. The van der Waals surface area contributed by atoms with E-state index < -0.39 is 24.6 Å². The highest BCUT2D eigenvalue weighted by molar-refractivity contribution is 5.93. The zero-order valence-electron chi connectivity index (χ0n) is 16.5. The summed E-state index contributed by atoms with van der Waals surface area (Å²) in [4.78, 5) is 24.0. The van der Waals surface area contributed by atoms with Crippen LogP contribution in [0.2, 0.25) is 0 Å². The topological polar surface area (TPSA) is 88.4 Å². The molecule has 2 aromatic rings. The number of nitrogens with one attached hydrogen (secondary N) is 1. The Morgan fingerprint density at radius 2 is 1.68 bits per heavy atom. The molecule has 0 spiro atoms. The summed E-state index contributed by atoms with van der Waals surface area (Å²) in [6.07, 6.45) is -0.883. The molecule has 146 valence electrons. The van der Waals surface area contributed by atoms with Gasteiger partial charge in [-0.15, -0.1) is 0 Å². The fraction of sp³-hybridized carbons (Fsp3) is 0.318. The molecule has 0 saturated heterocycles. The number of benzene rings is 2. The van der Waals surface area contributed by atoms with E-state index in [1.54, 1.807) is 24.3 Å². The third-order valence-electron chi connectivity index (χ3n) is 4.01. The van der Waals surface area contributed by atoms with Gasteiger partial charge in [-0.25, -0.2) is 4.79 Å². The summed E-state index contributed by atoms with van der Waals surface area (Å²) in [5.41, 5.74) is 2.32. The van der Waals surface area contributed by atoms with Gasteiger partial charge in [0.1, 0.15) is 5.75 Å². The van der Waals surface area contributed by atoms with Gasteiger partial charge in [0.25, 0.3) is 5.91 Å². The molecule has 2 aromatic carbocycles. The highest BCUT2D eigenvalue weighted by Gasteiger charge is 2.18. The van der Waals surface area contributed by atoms with Crippen LogP contribution in [0.25, 0.3) is 0 Å². The molecule has 0 radical (unpaired) electrons. The lowest BCUT2D eigenvalue weighted by molar-refractivity contribution is -0.153. The molecule has 0 aromatic heterocycles. The van der Waals surface area contributed by atoms with Gasteiger partial charge in [0.15, 0.2) is 12.7 Å². The van der Waals surface area contributed by atoms with Crippen molar-refractivity contribution < 1.29 is 19.1 Å². The Hall–Kier alpha value is -3.33. The van der Waals surface area contributed by atoms with Gasteiger partial charge in [-0.05, 0) is 54.3 Å². The van der Waals surface area contributed by atoms with Crippen LogP contribution in [-0.4, -0.2) is 24.6 Å². The zero-order valence-corrected chi connectivity index (χ0v) is 16.5. The fourth-order valence-electron chi connectivity index (χ4n) is 2.36. The van der Waals surface area contributed by atoms with E-state index in [1.165, 1.54) is 6.92 Å². The maximum atomic E-state index is 12.0. The maximum Gasteiger partial charge on any atom is 0.347 e. The number of esters is 1. The van der Waals surface area contributed by atoms with E-state index in [0.29, 0.717) is 17.0 Å². The quantitative estimate of drug-likeness (QED) is 0.770. The molecule has 2 rings (SSSR count). The normalized spacial score (nSPS) is 11.8. The summed E-state index contributed by atoms with van der Waals surface area (Å²) in [5.74, 6) is -0.642. The Kier molecular flexibility index (Phi) is 6.78. The van der Waals surface area contributed by atoms with Crippen LogP contribution < -0.4 is 10.1 Å². The van der Waals surface area contributed by atoms with Crippen molar-refractivity contribution in [2.75, 3.05) is 11.9 Å². The first-order valence-corrected chi connectivity index (χ1v) is 8.93. The summed E-state index contributed by atoms with van der Waals surface area (Å²) in [5, 5.41) is 11.5. The lowest BCUT2D eigenvalue weighted by Crippen LogP contribution is -2.29. The molecule has 0 bridgehead atoms. The molecule has 0 heterocycles. The van der Waals surface area contributed by atoms with E-state index in [-0.39, 0.29) is 5.41 Å². The van der Waals surface area contributed by atoms with E-state index in [9.17, 15) is 9.59 Å². The minimum absolute atomic E-state index is 0.0309. The first-order chi connectivity index (χ1) is 13.2. The van der Waals surface area contributed by atoms with E-state index >= 15 is 0 Å². The Balaban J connectivity index is 1.81. The van der Waals surface area contributed by atoms with Crippen molar-refractivity contribution in [3.8, 4) is 11.8 Å². The van der Waals surface area contributed by atoms with Gasteiger partial charge in [0.2, 0.25) is 0 Å². The van der Waals surface area contributed by atoms with E-state index in [4.69, 9.17) is 14.7 Å². The van der Waals surface area contributed by atoms with Gasteiger partial charge in [0, 0.05) is 5.69 Å². The highest BCUT2D eigenvalue weighted by Crippen LogP contribution is 2.23. The smallest absolute Gasteiger partial charge is 0.347 e. The van der Waals surface area contributed by atoms with Crippen molar-refractivity contribution in [3.63, 3.8) is 0 Å². The molecule has 28 heavy (non-hydrogen) atoms. The van der Waals surface area contributed by atoms with Crippen LogP contribution in [-0.2, 0) is 19.7 Å². The summed E-state index contributed by atoms with van der Waals surface area (Å²) < 4.78 is 10.5. The minimum atomic E-state index is -0.883. The highest BCUT2D eigenvalue weighted by atomic mass is 16.6. The Bertz CT molecular complexity index is 859. The number of amides is 1. The summed E-state index contributed by atoms with van der Waals surface area (Å²) in [6.45, 7) is 7.47. The third kappa shape index (κ3) is 6.13. The first-order valence-electron chi connectivity index (χ1n) is 8.93. The number of ether oxygens (including phenoxy) is 2. The predicted octanol–water partition coefficient (Wildman–Crippen LogP) is 3.80. The van der Waals surface area contributed by atoms with Crippen LogP contribution >= 0.6 is 0 Å². The number of nitrogens with zero attached hydrogens (tertiary/aromatic N) is 1. The van der Waals surface area contributed by atoms with Crippen LogP contribution in [0.15, 0.2) is 48.5 Å². The van der Waals surface area contributed by atoms with Gasteiger partial charge >= 0.3 is 5.97 Å². The average Bonchev–Trinajstić information content (AvgIpc) is 2.66. The Morgan fingerprint density at radius 3 is 2.21 bits per heavy atom. The number of rotatable bonds is 6. The maximum absolute atomic E-state index is 12.0. The average molecular weight is 380 g/mol. The summed E-state index contributed by atoms with van der Waals surface area (Å²) in [7, 11) is 0. The molecule has 1 atom stereocenters. The SMILES string of the molecule is C[C@H](Oc1ccc(C#N)cc1)C(=O)OCC(=O)Nc1ccc(C(C)(C)C)cc1. The molecule has 0 aliphatic heterocycles. The van der Waals surface area contributed by atoms with Gasteiger partial charge in [0.05, 0.1) is 11.6 Å². The monoisotopic (exact) mass is 380 g/mol. The van der Waals surface area contributed by atoms with Gasteiger partial charge in [-0.3, -0.25) is 4.79 Å². The van der Waals surface area contributed by atoms with Gasteiger partial charge < -0.3 is 14.8 Å². The fourth-order valence-corrected chi connectivity index (χ4v) is 2.36. The number of carbonyl (C=O) groups excluding carboxylic acids is 2. The van der Waals surface area contributed by atoms with Crippen LogP contribution in [0, 0.1) is 11.3 Å². The molecule has 1 N–H and O–H groups in total. The second kappa shape index (κ2) is 9.05. The lowest BCUT2D eigenvalue weighted by atomic mass is 9.87. The van der Waals surface area contributed by atoms with Crippen molar-refractivity contribution >= 4 is 17.6 Å². The van der Waals surface area contributed by atoms with Crippen LogP contribution in [0.3, 0.4) is 0 Å². The van der Waals surface area contributed by atoms with Gasteiger partial charge in [-0.1, -0.05) is 32.9 Å². The molecular formula is C22H24N2O4. The van der Waals surface area contributed by atoms with Crippen LogP contribution in [0.5, 0.6) is 5.75 Å². The van der Waals surface area contributed by atoms with E-state index in [0.717, 1.165) is 5.56 Å². The molecule has 1 amide bonds. The number of hydrogen-bond acceptors (Lipinski definition) is 5. The summed E-state index contributed by atoms with van der Waals surface area (Å²) >= 11 is 0. The lowest BCUT2D eigenvalue weighted by Gasteiger charge is -2.19. The Morgan fingerprint density at radius 1 is 1.07 bits per heavy atom.